The van der Waals surface area contributed by atoms with Crippen molar-refractivity contribution >= 4 is 17.0 Å². The second kappa shape index (κ2) is 5.58. The van der Waals surface area contributed by atoms with Crippen molar-refractivity contribution in [3.8, 4) is 0 Å². The minimum Gasteiger partial charge on any atom is -0.478 e. The maximum atomic E-state index is 10.9. The Morgan fingerprint density at radius 2 is 2.30 bits per heavy atom. The predicted octanol–water partition coefficient (Wildman–Crippen LogP) is 1.95. The van der Waals surface area contributed by atoms with E-state index in [4.69, 9.17) is 9.84 Å². The van der Waals surface area contributed by atoms with Gasteiger partial charge in [0.15, 0.2) is 0 Å². The zero-order chi connectivity index (χ0) is 13.9. The molecular formula is C14H17N3O3. The zero-order valence-electron chi connectivity index (χ0n) is 11.2. The molecular weight excluding hydrogens is 258 g/mol. The molecule has 20 heavy (non-hydrogen) atoms. The Morgan fingerprint density at radius 1 is 1.45 bits per heavy atom. The molecule has 1 saturated carbocycles. The fourth-order valence-corrected chi connectivity index (χ4v) is 2.12. The van der Waals surface area contributed by atoms with Crippen molar-refractivity contribution in [3.05, 3.63) is 23.8 Å². The summed E-state index contributed by atoms with van der Waals surface area (Å²) in [6.45, 7) is 2.33. The first kappa shape index (κ1) is 13.1. The number of aryl methyl sites for hydroxylation is 1. The number of hydrogen-bond donors (Lipinski definition) is 1. The molecule has 3 rings (SSSR count). The van der Waals surface area contributed by atoms with E-state index in [2.05, 4.69) is 10.3 Å². The molecule has 0 amide bonds. The van der Waals surface area contributed by atoms with E-state index < -0.39 is 5.97 Å². The molecule has 6 nitrogen and oxygen atoms in total. The SMILES string of the molecule is O=C(O)c1ccc2c(c1)nnn2CCCOCC1CC1. The molecule has 0 atom stereocenters. The number of carbonyl (C=O) groups is 1. The summed E-state index contributed by atoms with van der Waals surface area (Å²) in [5.41, 5.74) is 1.71. The van der Waals surface area contributed by atoms with Crippen molar-refractivity contribution in [2.24, 2.45) is 5.92 Å². The molecule has 0 aliphatic heterocycles. The number of carboxylic acids is 1. The van der Waals surface area contributed by atoms with E-state index >= 15 is 0 Å². The Hall–Kier alpha value is -1.95. The first-order valence-corrected chi connectivity index (χ1v) is 6.88. The fraction of sp³-hybridized carbons (Fsp3) is 0.500. The number of ether oxygens (including phenoxy) is 1. The largest absolute Gasteiger partial charge is 0.478 e. The molecule has 1 aromatic heterocycles. The average Bonchev–Trinajstić information content (AvgIpc) is 3.18. The van der Waals surface area contributed by atoms with E-state index in [1.54, 1.807) is 22.9 Å². The summed E-state index contributed by atoms with van der Waals surface area (Å²) >= 11 is 0. The molecule has 1 aromatic carbocycles. The van der Waals surface area contributed by atoms with Crippen LogP contribution in [0.25, 0.3) is 11.0 Å². The van der Waals surface area contributed by atoms with Crippen molar-refractivity contribution in [3.63, 3.8) is 0 Å². The summed E-state index contributed by atoms with van der Waals surface area (Å²) in [5.74, 6) is -0.161. The van der Waals surface area contributed by atoms with Crippen molar-refractivity contribution in [1.82, 2.24) is 15.0 Å². The lowest BCUT2D eigenvalue weighted by Gasteiger charge is -2.04. The quantitative estimate of drug-likeness (QED) is 0.781. The van der Waals surface area contributed by atoms with Gasteiger partial charge in [-0.3, -0.25) is 0 Å². The van der Waals surface area contributed by atoms with Gasteiger partial charge in [-0.2, -0.15) is 0 Å². The van der Waals surface area contributed by atoms with E-state index in [1.165, 1.54) is 12.8 Å². The highest BCUT2D eigenvalue weighted by molar-refractivity contribution is 5.92. The third-order valence-electron chi connectivity index (χ3n) is 3.47. The lowest BCUT2D eigenvalue weighted by molar-refractivity contribution is 0.0697. The summed E-state index contributed by atoms with van der Waals surface area (Å²) in [4.78, 5) is 10.9. The number of aromatic nitrogens is 3. The third kappa shape index (κ3) is 2.96. The van der Waals surface area contributed by atoms with Crippen LogP contribution in [0.2, 0.25) is 0 Å². The van der Waals surface area contributed by atoms with Gasteiger partial charge in [0.05, 0.1) is 11.1 Å². The third-order valence-corrected chi connectivity index (χ3v) is 3.47. The van der Waals surface area contributed by atoms with E-state index in [9.17, 15) is 4.79 Å². The van der Waals surface area contributed by atoms with Gasteiger partial charge in [0.1, 0.15) is 5.52 Å². The minimum atomic E-state index is -0.949. The van der Waals surface area contributed by atoms with E-state index in [0.717, 1.165) is 37.6 Å². The number of carboxylic acid groups (broad SMARTS) is 1. The predicted molar refractivity (Wildman–Crippen MR) is 72.6 cm³/mol. The van der Waals surface area contributed by atoms with Gasteiger partial charge in [0.25, 0.3) is 0 Å². The molecule has 1 N–H and O–H groups in total. The fourth-order valence-electron chi connectivity index (χ4n) is 2.12. The maximum Gasteiger partial charge on any atom is 0.335 e. The second-order valence-electron chi connectivity index (χ2n) is 5.19. The number of aromatic carboxylic acids is 1. The highest BCUT2D eigenvalue weighted by atomic mass is 16.5. The first-order chi connectivity index (χ1) is 9.74. The van der Waals surface area contributed by atoms with Crippen LogP contribution in [0.1, 0.15) is 29.6 Å². The Labute approximate surface area is 116 Å². The van der Waals surface area contributed by atoms with Crippen molar-refractivity contribution in [1.29, 1.82) is 0 Å². The first-order valence-electron chi connectivity index (χ1n) is 6.88. The van der Waals surface area contributed by atoms with Crippen LogP contribution in [0, 0.1) is 5.92 Å². The van der Waals surface area contributed by atoms with Crippen LogP contribution < -0.4 is 0 Å². The molecule has 1 fully saturated rings. The molecule has 1 aliphatic carbocycles. The van der Waals surface area contributed by atoms with Gasteiger partial charge in [0.2, 0.25) is 0 Å². The highest BCUT2D eigenvalue weighted by Crippen LogP contribution is 2.28. The average molecular weight is 275 g/mol. The maximum absolute atomic E-state index is 10.9. The summed E-state index contributed by atoms with van der Waals surface area (Å²) < 4.78 is 7.37. The summed E-state index contributed by atoms with van der Waals surface area (Å²) in [7, 11) is 0. The molecule has 0 saturated heterocycles. The van der Waals surface area contributed by atoms with Crippen LogP contribution in [0.3, 0.4) is 0 Å². The van der Waals surface area contributed by atoms with Crippen molar-refractivity contribution < 1.29 is 14.6 Å². The molecule has 1 heterocycles. The molecule has 2 aromatic rings. The Balaban J connectivity index is 1.58. The van der Waals surface area contributed by atoms with Gasteiger partial charge in [-0.15, -0.1) is 5.10 Å². The summed E-state index contributed by atoms with van der Waals surface area (Å²) in [6, 6.07) is 4.88. The molecule has 0 spiro atoms. The van der Waals surface area contributed by atoms with Crippen LogP contribution in [-0.2, 0) is 11.3 Å². The van der Waals surface area contributed by atoms with Gasteiger partial charge < -0.3 is 9.84 Å². The van der Waals surface area contributed by atoms with Gasteiger partial charge in [-0.1, -0.05) is 5.21 Å². The molecule has 1 aliphatic rings. The molecule has 0 radical (unpaired) electrons. The van der Waals surface area contributed by atoms with Crippen LogP contribution in [0.4, 0.5) is 0 Å². The minimum absolute atomic E-state index is 0.234. The number of nitrogens with zero attached hydrogens (tertiary/aromatic N) is 3. The zero-order valence-corrected chi connectivity index (χ0v) is 11.2. The van der Waals surface area contributed by atoms with Crippen molar-refractivity contribution in [2.45, 2.75) is 25.8 Å². The second-order valence-corrected chi connectivity index (χ2v) is 5.19. The van der Waals surface area contributed by atoms with Gasteiger partial charge in [-0.05, 0) is 43.4 Å². The number of fused-ring (bicyclic) bond motifs is 1. The van der Waals surface area contributed by atoms with Crippen LogP contribution in [-0.4, -0.2) is 39.3 Å². The number of benzene rings is 1. The Morgan fingerprint density at radius 3 is 3.05 bits per heavy atom. The number of rotatable bonds is 7. The lowest BCUT2D eigenvalue weighted by atomic mass is 10.2. The van der Waals surface area contributed by atoms with Crippen molar-refractivity contribution in [2.75, 3.05) is 13.2 Å². The van der Waals surface area contributed by atoms with Crippen LogP contribution >= 0.6 is 0 Å². The number of hydrogen-bond acceptors (Lipinski definition) is 4. The standard InChI is InChI=1S/C14H17N3O3/c18-14(19)11-4-5-13-12(8-11)15-16-17(13)6-1-7-20-9-10-2-3-10/h4-5,8,10H,1-3,6-7,9H2,(H,18,19). The van der Waals surface area contributed by atoms with Crippen LogP contribution in [0.15, 0.2) is 18.2 Å². The Kier molecular flexibility index (Phi) is 3.64. The lowest BCUT2D eigenvalue weighted by Crippen LogP contribution is -2.05. The molecule has 0 bridgehead atoms. The van der Waals surface area contributed by atoms with E-state index in [1.807, 2.05) is 0 Å². The summed E-state index contributed by atoms with van der Waals surface area (Å²) in [5, 5.41) is 17.0. The van der Waals surface area contributed by atoms with Gasteiger partial charge in [-0.25, -0.2) is 9.48 Å². The van der Waals surface area contributed by atoms with Gasteiger partial charge in [0, 0.05) is 19.8 Å². The van der Waals surface area contributed by atoms with Crippen LogP contribution in [0.5, 0.6) is 0 Å². The Bertz CT molecular complexity index is 619. The summed E-state index contributed by atoms with van der Waals surface area (Å²) in [6.07, 6.45) is 3.49. The van der Waals surface area contributed by atoms with Gasteiger partial charge >= 0.3 is 5.97 Å². The highest BCUT2D eigenvalue weighted by Gasteiger charge is 2.20. The smallest absolute Gasteiger partial charge is 0.335 e. The molecule has 6 heteroatoms. The normalized spacial score (nSPS) is 14.8. The topological polar surface area (TPSA) is 77.2 Å². The van der Waals surface area contributed by atoms with E-state index in [-0.39, 0.29) is 5.56 Å². The van der Waals surface area contributed by atoms with E-state index in [0.29, 0.717) is 5.52 Å². The molecule has 106 valence electrons. The monoisotopic (exact) mass is 275 g/mol. The molecule has 0 unspecified atom stereocenters.